The summed E-state index contributed by atoms with van der Waals surface area (Å²) in [6, 6.07) is 5.89. The van der Waals surface area contributed by atoms with Gasteiger partial charge in [0, 0.05) is 18.6 Å². The van der Waals surface area contributed by atoms with E-state index >= 15 is 0 Å². The fourth-order valence-electron chi connectivity index (χ4n) is 1.95. The van der Waals surface area contributed by atoms with Crippen molar-refractivity contribution in [1.29, 1.82) is 0 Å². The zero-order chi connectivity index (χ0) is 14.1. The van der Waals surface area contributed by atoms with Crippen LogP contribution in [0.25, 0.3) is 0 Å². The highest BCUT2D eigenvalue weighted by molar-refractivity contribution is 5.26. The number of rotatable bonds is 9. The highest BCUT2D eigenvalue weighted by Gasteiger charge is 2.30. The van der Waals surface area contributed by atoms with E-state index in [0.717, 1.165) is 18.4 Å². The SMILES string of the molecule is CCCCOCCC(CO)(CO)c1ccc(F)cc1. The molecular weight excluding hydrogens is 247 g/mol. The average Bonchev–Trinajstić information content (AvgIpc) is 2.45. The Morgan fingerprint density at radius 1 is 1.11 bits per heavy atom. The highest BCUT2D eigenvalue weighted by Crippen LogP contribution is 2.27. The maximum atomic E-state index is 12.9. The van der Waals surface area contributed by atoms with Gasteiger partial charge in [0.05, 0.1) is 13.2 Å². The largest absolute Gasteiger partial charge is 0.395 e. The van der Waals surface area contributed by atoms with Crippen LogP contribution >= 0.6 is 0 Å². The predicted octanol–water partition coefficient (Wildman–Crippen LogP) is 2.25. The van der Waals surface area contributed by atoms with Crippen molar-refractivity contribution in [1.82, 2.24) is 0 Å². The summed E-state index contributed by atoms with van der Waals surface area (Å²) >= 11 is 0. The highest BCUT2D eigenvalue weighted by atomic mass is 19.1. The maximum Gasteiger partial charge on any atom is 0.123 e. The second-order valence-electron chi connectivity index (χ2n) is 4.82. The first-order valence-corrected chi connectivity index (χ1v) is 6.74. The number of aliphatic hydroxyl groups excluding tert-OH is 2. The number of benzene rings is 1. The molecular formula is C15H23FO3. The van der Waals surface area contributed by atoms with Gasteiger partial charge in [0.2, 0.25) is 0 Å². The molecule has 0 heterocycles. The molecule has 0 aliphatic carbocycles. The molecule has 0 fully saturated rings. The fourth-order valence-corrected chi connectivity index (χ4v) is 1.95. The van der Waals surface area contributed by atoms with Gasteiger partial charge in [-0.3, -0.25) is 0 Å². The Bertz CT molecular complexity index is 347. The summed E-state index contributed by atoms with van der Waals surface area (Å²) in [5.41, 5.74) is -0.0297. The second-order valence-corrected chi connectivity index (χ2v) is 4.82. The van der Waals surface area contributed by atoms with Gasteiger partial charge in [-0.1, -0.05) is 25.5 Å². The Hall–Kier alpha value is -0.970. The van der Waals surface area contributed by atoms with Crippen LogP contribution in [0.5, 0.6) is 0 Å². The Balaban J connectivity index is 2.65. The zero-order valence-corrected chi connectivity index (χ0v) is 11.4. The number of aliphatic hydroxyl groups is 2. The fraction of sp³-hybridized carbons (Fsp3) is 0.600. The summed E-state index contributed by atoms with van der Waals surface area (Å²) in [6.07, 6.45) is 2.58. The molecule has 0 spiro atoms. The standard InChI is InChI=1S/C15H23FO3/c1-2-3-9-19-10-8-15(11-17,12-18)13-4-6-14(16)7-5-13/h4-7,17-18H,2-3,8-12H2,1H3. The molecule has 0 atom stereocenters. The number of unbranched alkanes of at least 4 members (excludes halogenated alkanes) is 1. The summed E-state index contributed by atoms with van der Waals surface area (Å²) < 4.78 is 18.4. The van der Waals surface area contributed by atoms with Crippen molar-refractivity contribution in [2.24, 2.45) is 0 Å². The summed E-state index contributed by atoms with van der Waals surface area (Å²) in [4.78, 5) is 0. The van der Waals surface area contributed by atoms with Crippen molar-refractivity contribution >= 4 is 0 Å². The molecule has 0 aliphatic rings. The van der Waals surface area contributed by atoms with Crippen LogP contribution in [0.1, 0.15) is 31.7 Å². The third-order valence-corrected chi connectivity index (χ3v) is 3.43. The van der Waals surface area contributed by atoms with Crippen molar-refractivity contribution in [2.75, 3.05) is 26.4 Å². The van der Waals surface area contributed by atoms with Crippen LogP contribution in [-0.2, 0) is 10.2 Å². The molecule has 3 nitrogen and oxygen atoms in total. The topological polar surface area (TPSA) is 49.7 Å². The Kier molecular flexibility index (Phi) is 6.99. The summed E-state index contributed by atoms with van der Waals surface area (Å²) in [7, 11) is 0. The third kappa shape index (κ3) is 4.56. The third-order valence-electron chi connectivity index (χ3n) is 3.43. The molecule has 0 amide bonds. The average molecular weight is 270 g/mol. The smallest absolute Gasteiger partial charge is 0.123 e. The molecule has 0 unspecified atom stereocenters. The van der Waals surface area contributed by atoms with Gasteiger partial charge in [0.15, 0.2) is 0 Å². The minimum Gasteiger partial charge on any atom is -0.395 e. The molecule has 0 aliphatic heterocycles. The van der Waals surface area contributed by atoms with Gasteiger partial charge in [-0.25, -0.2) is 4.39 Å². The van der Waals surface area contributed by atoms with Gasteiger partial charge in [0.1, 0.15) is 5.82 Å². The maximum absolute atomic E-state index is 12.9. The quantitative estimate of drug-likeness (QED) is 0.677. The van der Waals surface area contributed by atoms with E-state index in [9.17, 15) is 14.6 Å². The van der Waals surface area contributed by atoms with Gasteiger partial charge in [-0.15, -0.1) is 0 Å². The van der Waals surface area contributed by atoms with Crippen LogP contribution in [-0.4, -0.2) is 36.6 Å². The van der Waals surface area contributed by atoms with Crippen LogP contribution < -0.4 is 0 Å². The summed E-state index contributed by atoms with van der Waals surface area (Å²) in [5, 5.41) is 19.2. The molecule has 4 heteroatoms. The molecule has 1 aromatic rings. The van der Waals surface area contributed by atoms with Crippen molar-refractivity contribution < 1.29 is 19.3 Å². The molecule has 108 valence electrons. The number of halogens is 1. The predicted molar refractivity (Wildman–Crippen MR) is 72.6 cm³/mol. The van der Waals surface area contributed by atoms with Crippen LogP contribution in [0, 0.1) is 5.82 Å². The molecule has 0 aromatic heterocycles. The van der Waals surface area contributed by atoms with E-state index in [0.29, 0.717) is 19.6 Å². The van der Waals surface area contributed by atoms with Crippen LogP contribution in [0.4, 0.5) is 4.39 Å². The van der Waals surface area contributed by atoms with E-state index in [4.69, 9.17) is 4.74 Å². The first-order valence-electron chi connectivity index (χ1n) is 6.74. The molecule has 1 aromatic carbocycles. The van der Waals surface area contributed by atoms with E-state index in [-0.39, 0.29) is 19.0 Å². The number of ether oxygens (including phenoxy) is 1. The van der Waals surface area contributed by atoms with Crippen molar-refractivity contribution in [3.8, 4) is 0 Å². The summed E-state index contributed by atoms with van der Waals surface area (Å²) in [5.74, 6) is -0.326. The van der Waals surface area contributed by atoms with Gasteiger partial charge in [-0.2, -0.15) is 0 Å². The minimum atomic E-state index is -0.764. The molecule has 0 saturated heterocycles. The van der Waals surface area contributed by atoms with E-state index in [1.165, 1.54) is 12.1 Å². The van der Waals surface area contributed by atoms with E-state index in [1.807, 2.05) is 0 Å². The number of hydrogen-bond acceptors (Lipinski definition) is 3. The lowest BCUT2D eigenvalue weighted by molar-refractivity contribution is 0.0615. The minimum absolute atomic E-state index is 0.188. The van der Waals surface area contributed by atoms with Crippen LogP contribution in [0.3, 0.4) is 0 Å². The van der Waals surface area contributed by atoms with Gasteiger partial charge >= 0.3 is 0 Å². The van der Waals surface area contributed by atoms with E-state index < -0.39 is 5.41 Å². The molecule has 0 saturated carbocycles. The molecule has 0 radical (unpaired) electrons. The van der Waals surface area contributed by atoms with Gasteiger partial charge < -0.3 is 14.9 Å². The van der Waals surface area contributed by atoms with Gasteiger partial charge in [0.25, 0.3) is 0 Å². The lowest BCUT2D eigenvalue weighted by Gasteiger charge is -2.30. The van der Waals surface area contributed by atoms with Crippen LogP contribution in [0.2, 0.25) is 0 Å². The van der Waals surface area contributed by atoms with E-state index in [2.05, 4.69) is 6.92 Å². The van der Waals surface area contributed by atoms with Crippen molar-refractivity contribution in [2.45, 2.75) is 31.6 Å². The monoisotopic (exact) mass is 270 g/mol. The van der Waals surface area contributed by atoms with Crippen molar-refractivity contribution in [3.05, 3.63) is 35.6 Å². The van der Waals surface area contributed by atoms with Crippen molar-refractivity contribution in [3.63, 3.8) is 0 Å². The zero-order valence-electron chi connectivity index (χ0n) is 11.4. The first kappa shape index (κ1) is 16.1. The first-order chi connectivity index (χ1) is 9.18. The Morgan fingerprint density at radius 2 is 1.74 bits per heavy atom. The summed E-state index contributed by atoms with van der Waals surface area (Å²) in [6.45, 7) is 2.87. The lowest BCUT2D eigenvalue weighted by atomic mass is 9.79. The van der Waals surface area contributed by atoms with Crippen LogP contribution in [0.15, 0.2) is 24.3 Å². The second kappa shape index (κ2) is 8.25. The molecule has 1 rings (SSSR count). The van der Waals surface area contributed by atoms with Gasteiger partial charge in [-0.05, 0) is 30.5 Å². The number of hydrogen-bond donors (Lipinski definition) is 2. The Labute approximate surface area is 114 Å². The van der Waals surface area contributed by atoms with E-state index in [1.54, 1.807) is 12.1 Å². The molecule has 2 N–H and O–H groups in total. The normalized spacial score (nSPS) is 11.8. The Morgan fingerprint density at radius 3 is 2.26 bits per heavy atom. The molecule has 0 bridgehead atoms. The lowest BCUT2D eigenvalue weighted by Crippen LogP contribution is -2.36. The molecule has 19 heavy (non-hydrogen) atoms.